The molecule has 1 amide bonds. The molecule has 6 nitrogen and oxygen atoms in total. The molecule has 1 saturated heterocycles. The van der Waals surface area contributed by atoms with Crippen LogP contribution in [0.5, 0.6) is 5.75 Å². The predicted molar refractivity (Wildman–Crippen MR) is 104 cm³/mol. The van der Waals surface area contributed by atoms with Crippen LogP contribution < -0.4 is 4.74 Å². The van der Waals surface area contributed by atoms with Crippen LogP contribution in [-0.2, 0) is 11.2 Å². The van der Waals surface area contributed by atoms with Crippen LogP contribution in [-0.4, -0.2) is 34.7 Å². The Hall–Kier alpha value is -2.02. The quantitative estimate of drug-likeness (QED) is 0.623. The highest BCUT2D eigenvalue weighted by Gasteiger charge is 2.37. The maximum atomic E-state index is 12.6. The van der Waals surface area contributed by atoms with Gasteiger partial charge in [0.15, 0.2) is 0 Å². The third-order valence-corrected chi connectivity index (χ3v) is 5.16. The van der Waals surface area contributed by atoms with Crippen molar-refractivity contribution in [2.75, 3.05) is 13.2 Å². The standard InChI is InChI=1S/C20H23BrN2O4/c1-20(2,3)27-19(24)23-9-4-5-14(23)18-22-17-13-7-6-12(21)11-16(13)25-10-8-15(17)26-18/h6-7,11,14H,4-5,8-10H2,1-3H3/t14-/m0/s1. The Kier molecular flexibility index (Phi) is 4.66. The maximum absolute atomic E-state index is 12.6. The molecule has 144 valence electrons. The predicted octanol–water partition coefficient (Wildman–Crippen LogP) is 5.11. The van der Waals surface area contributed by atoms with E-state index in [0.717, 1.165) is 40.1 Å². The van der Waals surface area contributed by atoms with Gasteiger partial charge in [-0.05, 0) is 51.8 Å². The normalized spacial score (nSPS) is 19.1. The second kappa shape index (κ2) is 6.86. The average Bonchev–Trinajstić information content (AvgIpc) is 3.17. The maximum Gasteiger partial charge on any atom is 0.410 e. The summed E-state index contributed by atoms with van der Waals surface area (Å²) in [4.78, 5) is 19.1. The van der Waals surface area contributed by atoms with Gasteiger partial charge in [0, 0.05) is 23.0 Å². The molecule has 4 rings (SSSR count). The lowest BCUT2D eigenvalue weighted by Crippen LogP contribution is -2.36. The van der Waals surface area contributed by atoms with Crippen LogP contribution in [0.4, 0.5) is 4.79 Å². The molecule has 0 bridgehead atoms. The van der Waals surface area contributed by atoms with Crippen molar-refractivity contribution in [2.24, 2.45) is 0 Å². The van der Waals surface area contributed by atoms with E-state index in [1.165, 1.54) is 0 Å². The van der Waals surface area contributed by atoms with Crippen molar-refractivity contribution in [1.29, 1.82) is 0 Å². The Morgan fingerprint density at radius 1 is 1.37 bits per heavy atom. The molecule has 1 atom stereocenters. The molecule has 1 aromatic heterocycles. The minimum absolute atomic E-state index is 0.188. The van der Waals surface area contributed by atoms with Gasteiger partial charge in [-0.3, -0.25) is 4.90 Å². The molecule has 0 spiro atoms. The van der Waals surface area contributed by atoms with Gasteiger partial charge in [0.05, 0.1) is 6.61 Å². The molecule has 3 heterocycles. The van der Waals surface area contributed by atoms with Crippen molar-refractivity contribution in [2.45, 2.75) is 51.7 Å². The lowest BCUT2D eigenvalue weighted by atomic mass is 10.1. The van der Waals surface area contributed by atoms with Crippen molar-refractivity contribution in [3.63, 3.8) is 0 Å². The van der Waals surface area contributed by atoms with Crippen LogP contribution in [0, 0.1) is 0 Å². The molecule has 0 aliphatic carbocycles. The summed E-state index contributed by atoms with van der Waals surface area (Å²) in [5, 5.41) is 0. The van der Waals surface area contributed by atoms with E-state index in [2.05, 4.69) is 15.9 Å². The number of hydrogen-bond donors (Lipinski definition) is 0. The van der Waals surface area contributed by atoms with E-state index < -0.39 is 5.60 Å². The number of likely N-dealkylation sites (tertiary alicyclic amines) is 1. The largest absolute Gasteiger partial charge is 0.492 e. The van der Waals surface area contributed by atoms with Crippen molar-refractivity contribution < 1.29 is 18.7 Å². The zero-order chi connectivity index (χ0) is 19.2. The second-order valence-electron chi connectivity index (χ2n) is 7.89. The summed E-state index contributed by atoms with van der Waals surface area (Å²) in [5.41, 5.74) is 1.20. The van der Waals surface area contributed by atoms with Gasteiger partial charge in [0.25, 0.3) is 0 Å². The number of ether oxygens (including phenoxy) is 2. The summed E-state index contributed by atoms with van der Waals surface area (Å²) < 4.78 is 18.5. The topological polar surface area (TPSA) is 64.8 Å². The fourth-order valence-electron chi connectivity index (χ4n) is 3.52. The first-order valence-corrected chi connectivity index (χ1v) is 10.0. The van der Waals surface area contributed by atoms with Crippen LogP contribution in [0.1, 0.15) is 51.3 Å². The van der Waals surface area contributed by atoms with E-state index in [0.29, 0.717) is 25.5 Å². The van der Waals surface area contributed by atoms with Crippen molar-refractivity contribution in [3.05, 3.63) is 34.3 Å². The highest BCUT2D eigenvalue weighted by Crippen LogP contribution is 2.40. The van der Waals surface area contributed by atoms with Crippen LogP contribution >= 0.6 is 15.9 Å². The first kappa shape index (κ1) is 18.3. The van der Waals surface area contributed by atoms with Crippen LogP contribution in [0.2, 0.25) is 0 Å². The summed E-state index contributed by atoms with van der Waals surface area (Å²) >= 11 is 3.48. The van der Waals surface area contributed by atoms with Gasteiger partial charge in [-0.2, -0.15) is 0 Å². The van der Waals surface area contributed by atoms with Crippen molar-refractivity contribution in [3.8, 4) is 17.0 Å². The third kappa shape index (κ3) is 3.70. The molecule has 1 aromatic carbocycles. The minimum atomic E-state index is -0.526. The molecule has 0 N–H and O–H groups in total. The summed E-state index contributed by atoms with van der Waals surface area (Å²) in [6.45, 7) is 6.81. The zero-order valence-corrected chi connectivity index (χ0v) is 17.3. The van der Waals surface area contributed by atoms with Gasteiger partial charge in [-0.1, -0.05) is 15.9 Å². The Balaban J connectivity index is 1.66. The van der Waals surface area contributed by atoms with Crippen molar-refractivity contribution in [1.82, 2.24) is 9.88 Å². The number of amides is 1. The fourth-order valence-corrected chi connectivity index (χ4v) is 3.86. The molecular weight excluding hydrogens is 412 g/mol. The third-order valence-electron chi connectivity index (χ3n) is 4.67. The SMILES string of the molecule is CC(C)(C)OC(=O)N1CCC[C@H]1c1nc2c(o1)CCOc1cc(Br)ccc1-2. The minimum Gasteiger partial charge on any atom is -0.492 e. The second-order valence-corrected chi connectivity index (χ2v) is 8.81. The zero-order valence-electron chi connectivity index (χ0n) is 15.8. The molecule has 2 aliphatic rings. The van der Waals surface area contributed by atoms with E-state index in [4.69, 9.17) is 18.9 Å². The number of fused-ring (bicyclic) bond motifs is 3. The molecule has 2 aliphatic heterocycles. The van der Waals surface area contributed by atoms with E-state index in [1.54, 1.807) is 4.90 Å². The first-order chi connectivity index (χ1) is 12.8. The van der Waals surface area contributed by atoms with Gasteiger partial charge in [-0.15, -0.1) is 0 Å². The lowest BCUT2D eigenvalue weighted by Gasteiger charge is -2.27. The number of oxazole rings is 1. The van der Waals surface area contributed by atoms with Crippen LogP contribution in [0.3, 0.4) is 0 Å². The average molecular weight is 435 g/mol. The number of benzene rings is 1. The summed E-state index contributed by atoms with van der Waals surface area (Å²) in [6.07, 6.45) is 2.06. The molecule has 0 saturated carbocycles. The number of hydrogen-bond acceptors (Lipinski definition) is 5. The number of halogens is 1. The molecule has 2 aromatic rings. The Morgan fingerprint density at radius 2 is 2.19 bits per heavy atom. The van der Waals surface area contributed by atoms with E-state index >= 15 is 0 Å². The summed E-state index contributed by atoms with van der Waals surface area (Å²) in [7, 11) is 0. The van der Waals surface area contributed by atoms with Gasteiger partial charge in [0.2, 0.25) is 5.89 Å². The van der Waals surface area contributed by atoms with Gasteiger partial charge >= 0.3 is 6.09 Å². The Bertz CT molecular complexity index is 871. The number of nitrogens with zero attached hydrogens (tertiary/aromatic N) is 2. The molecular formula is C20H23BrN2O4. The molecule has 1 fully saturated rings. The monoisotopic (exact) mass is 434 g/mol. The van der Waals surface area contributed by atoms with Crippen LogP contribution in [0.15, 0.2) is 27.1 Å². The van der Waals surface area contributed by atoms with Gasteiger partial charge in [0.1, 0.15) is 28.8 Å². The summed E-state index contributed by atoms with van der Waals surface area (Å²) in [6, 6.07) is 5.71. The Morgan fingerprint density at radius 3 is 2.96 bits per heavy atom. The number of rotatable bonds is 1. The van der Waals surface area contributed by atoms with E-state index in [-0.39, 0.29) is 12.1 Å². The van der Waals surface area contributed by atoms with E-state index in [9.17, 15) is 4.79 Å². The number of carbonyl (C=O) groups is 1. The van der Waals surface area contributed by atoms with Gasteiger partial charge < -0.3 is 13.9 Å². The van der Waals surface area contributed by atoms with Crippen LogP contribution in [0.25, 0.3) is 11.3 Å². The molecule has 0 radical (unpaired) electrons. The van der Waals surface area contributed by atoms with E-state index in [1.807, 2.05) is 39.0 Å². The van der Waals surface area contributed by atoms with Crippen molar-refractivity contribution >= 4 is 22.0 Å². The molecule has 0 unspecified atom stereocenters. The highest BCUT2D eigenvalue weighted by atomic mass is 79.9. The molecule has 7 heteroatoms. The Labute approximate surface area is 167 Å². The molecule has 27 heavy (non-hydrogen) atoms. The number of aromatic nitrogens is 1. The highest BCUT2D eigenvalue weighted by molar-refractivity contribution is 9.10. The summed E-state index contributed by atoms with van der Waals surface area (Å²) in [5.74, 6) is 2.18. The smallest absolute Gasteiger partial charge is 0.410 e. The lowest BCUT2D eigenvalue weighted by molar-refractivity contribution is 0.0203. The van der Waals surface area contributed by atoms with Gasteiger partial charge in [-0.25, -0.2) is 9.78 Å². The number of carbonyl (C=O) groups excluding carboxylic acids is 1. The first-order valence-electron chi connectivity index (χ1n) is 9.24. The fraction of sp³-hybridized carbons (Fsp3) is 0.500.